The van der Waals surface area contributed by atoms with Crippen LogP contribution in [0.5, 0.6) is 5.75 Å². The molecule has 0 unspecified atom stereocenters. The molecule has 3 aromatic rings. The Morgan fingerprint density at radius 3 is 3.00 bits per heavy atom. The van der Waals surface area contributed by atoms with Gasteiger partial charge in [0.1, 0.15) is 11.6 Å². The number of methoxy groups -OCH3 is 1. The van der Waals surface area contributed by atoms with E-state index in [1.807, 2.05) is 31.2 Å². The zero-order chi connectivity index (χ0) is 14.8. The standard InChI is InChI=1S/C15H16N4O2/c1-3-12-17-14-13(15(20)18-12)19(9-16-14)8-10-5-4-6-11(7-10)21-2/h4-7,9H,3,8H2,1-2H3,(H,17,18,20). The predicted molar refractivity (Wildman–Crippen MR) is 79.6 cm³/mol. The normalized spacial score (nSPS) is 11.0. The number of fused-ring (bicyclic) bond motifs is 1. The number of aromatic amines is 1. The molecule has 2 aromatic heterocycles. The van der Waals surface area contributed by atoms with Crippen LogP contribution in [0, 0.1) is 0 Å². The summed E-state index contributed by atoms with van der Waals surface area (Å²) in [6.07, 6.45) is 2.32. The second kappa shape index (κ2) is 5.40. The molecule has 0 bridgehead atoms. The van der Waals surface area contributed by atoms with Crippen molar-refractivity contribution < 1.29 is 4.74 Å². The van der Waals surface area contributed by atoms with Crippen LogP contribution in [-0.4, -0.2) is 26.6 Å². The summed E-state index contributed by atoms with van der Waals surface area (Å²) in [5.41, 5.74) is 1.86. The molecule has 0 aliphatic carbocycles. The van der Waals surface area contributed by atoms with E-state index < -0.39 is 0 Å². The van der Waals surface area contributed by atoms with Crippen molar-refractivity contribution in [2.24, 2.45) is 0 Å². The summed E-state index contributed by atoms with van der Waals surface area (Å²) >= 11 is 0. The second-order valence-electron chi connectivity index (χ2n) is 4.76. The van der Waals surface area contributed by atoms with Crippen LogP contribution in [0.15, 0.2) is 35.4 Å². The highest BCUT2D eigenvalue weighted by molar-refractivity contribution is 5.69. The van der Waals surface area contributed by atoms with Gasteiger partial charge in [0.15, 0.2) is 11.2 Å². The highest BCUT2D eigenvalue weighted by Gasteiger charge is 2.10. The van der Waals surface area contributed by atoms with Crippen molar-refractivity contribution in [3.05, 3.63) is 52.3 Å². The fourth-order valence-electron chi connectivity index (χ4n) is 2.29. The highest BCUT2D eigenvalue weighted by atomic mass is 16.5. The van der Waals surface area contributed by atoms with Gasteiger partial charge < -0.3 is 14.3 Å². The number of benzene rings is 1. The zero-order valence-corrected chi connectivity index (χ0v) is 12.0. The van der Waals surface area contributed by atoms with Crippen LogP contribution in [-0.2, 0) is 13.0 Å². The number of nitrogens with zero attached hydrogens (tertiary/aromatic N) is 3. The van der Waals surface area contributed by atoms with E-state index in [0.29, 0.717) is 30.0 Å². The van der Waals surface area contributed by atoms with Crippen molar-refractivity contribution in [2.45, 2.75) is 19.9 Å². The molecule has 0 saturated carbocycles. The smallest absolute Gasteiger partial charge is 0.277 e. The Morgan fingerprint density at radius 1 is 1.38 bits per heavy atom. The Balaban J connectivity index is 2.03. The number of imidazole rings is 1. The number of aryl methyl sites for hydroxylation is 1. The number of nitrogens with one attached hydrogen (secondary N) is 1. The van der Waals surface area contributed by atoms with Gasteiger partial charge in [-0.2, -0.15) is 0 Å². The maximum atomic E-state index is 12.2. The van der Waals surface area contributed by atoms with Crippen LogP contribution in [0.4, 0.5) is 0 Å². The van der Waals surface area contributed by atoms with Crippen LogP contribution in [0.2, 0.25) is 0 Å². The fraction of sp³-hybridized carbons (Fsp3) is 0.267. The van der Waals surface area contributed by atoms with Gasteiger partial charge in [0.2, 0.25) is 0 Å². The summed E-state index contributed by atoms with van der Waals surface area (Å²) in [4.78, 5) is 23.5. The van der Waals surface area contributed by atoms with Gasteiger partial charge in [0, 0.05) is 13.0 Å². The lowest BCUT2D eigenvalue weighted by atomic mass is 10.2. The lowest BCUT2D eigenvalue weighted by Crippen LogP contribution is -2.15. The quantitative estimate of drug-likeness (QED) is 0.792. The van der Waals surface area contributed by atoms with E-state index in [1.165, 1.54) is 0 Å². The first kappa shape index (κ1) is 13.4. The van der Waals surface area contributed by atoms with Gasteiger partial charge in [0.05, 0.1) is 13.4 Å². The van der Waals surface area contributed by atoms with E-state index in [2.05, 4.69) is 15.0 Å². The summed E-state index contributed by atoms with van der Waals surface area (Å²) in [5.74, 6) is 1.44. The molecule has 0 aliphatic heterocycles. The van der Waals surface area contributed by atoms with Crippen molar-refractivity contribution in [1.82, 2.24) is 19.5 Å². The maximum absolute atomic E-state index is 12.2. The Hall–Kier alpha value is -2.63. The molecule has 0 amide bonds. The molecule has 0 saturated heterocycles. The summed E-state index contributed by atoms with van der Waals surface area (Å²) in [5, 5.41) is 0. The molecule has 0 radical (unpaired) electrons. The number of hydrogen-bond acceptors (Lipinski definition) is 4. The van der Waals surface area contributed by atoms with Gasteiger partial charge in [-0.25, -0.2) is 9.97 Å². The number of aromatic nitrogens is 4. The third-order valence-corrected chi connectivity index (χ3v) is 3.35. The maximum Gasteiger partial charge on any atom is 0.277 e. The molecule has 3 rings (SSSR count). The Labute approximate surface area is 121 Å². The van der Waals surface area contributed by atoms with Gasteiger partial charge in [-0.05, 0) is 17.7 Å². The molecular formula is C15H16N4O2. The number of ether oxygens (including phenoxy) is 1. The van der Waals surface area contributed by atoms with E-state index in [1.54, 1.807) is 18.0 Å². The van der Waals surface area contributed by atoms with Gasteiger partial charge in [-0.1, -0.05) is 19.1 Å². The van der Waals surface area contributed by atoms with Gasteiger partial charge in [-0.15, -0.1) is 0 Å². The zero-order valence-electron chi connectivity index (χ0n) is 12.0. The van der Waals surface area contributed by atoms with Crippen LogP contribution in [0.25, 0.3) is 11.2 Å². The first-order valence-corrected chi connectivity index (χ1v) is 6.78. The van der Waals surface area contributed by atoms with E-state index in [4.69, 9.17) is 4.74 Å². The number of rotatable bonds is 4. The average molecular weight is 284 g/mol. The summed E-state index contributed by atoms with van der Waals surface area (Å²) < 4.78 is 7.01. The van der Waals surface area contributed by atoms with Crippen LogP contribution < -0.4 is 10.3 Å². The Bertz CT molecular complexity index is 835. The second-order valence-corrected chi connectivity index (χ2v) is 4.76. The number of hydrogen-bond donors (Lipinski definition) is 1. The monoisotopic (exact) mass is 284 g/mol. The SMILES string of the molecule is CCc1nc2ncn(Cc3cccc(OC)c3)c2c(=O)[nH]1. The van der Waals surface area contributed by atoms with Crippen molar-refractivity contribution >= 4 is 11.2 Å². The first-order chi connectivity index (χ1) is 10.2. The van der Waals surface area contributed by atoms with Crippen LogP contribution in [0.1, 0.15) is 18.3 Å². The van der Waals surface area contributed by atoms with Crippen molar-refractivity contribution in [3.8, 4) is 5.75 Å². The molecule has 0 spiro atoms. The first-order valence-electron chi connectivity index (χ1n) is 6.78. The minimum Gasteiger partial charge on any atom is -0.497 e. The third kappa shape index (κ3) is 2.52. The highest BCUT2D eigenvalue weighted by Crippen LogP contribution is 2.15. The van der Waals surface area contributed by atoms with Crippen LogP contribution >= 0.6 is 0 Å². The summed E-state index contributed by atoms with van der Waals surface area (Å²) in [7, 11) is 1.63. The molecule has 0 fully saturated rings. The van der Waals surface area contributed by atoms with Crippen molar-refractivity contribution in [2.75, 3.05) is 7.11 Å². The topological polar surface area (TPSA) is 72.8 Å². The fourth-order valence-corrected chi connectivity index (χ4v) is 2.29. The lowest BCUT2D eigenvalue weighted by molar-refractivity contribution is 0.414. The van der Waals surface area contributed by atoms with Gasteiger partial charge in [-0.3, -0.25) is 4.79 Å². The minimum atomic E-state index is -0.155. The molecule has 6 nitrogen and oxygen atoms in total. The Kier molecular flexibility index (Phi) is 3.43. The molecule has 2 heterocycles. The molecule has 0 atom stereocenters. The third-order valence-electron chi connectivity index (χ3n) is 3.35. The molecular weight excluding hydrogens is 268 g/mol. The van der Waals surface area contributed by atoms with E-state index in [9.17, 15) is 4.79 Å². The molecule has 1 aromatic carbocycles. The van der Waals surface area contributed by atoms with Gasteiger partial charge in [0.25, 0.3) is 5.56 Å². The molecule has 21 heavy (non-hydrogen) atoms. The summed E-state index contributed by atoms with van der Waals surface area (Å²) in [6, 6.07) is 7.73. The van der Waals surface area contributed by atoms with Crippen molar-refractivity contribution in [1.29, 1.82) is 0 Å². The van der Waals surface area contributed by atoms with E-state index in [-0.39, 0.29) is 5.56 Å². The molecule has 6 heteroatoms. The van der Waals surface area contributed by atoms with Crippen molar-refractivity contribution in [3.63, 3.8) is 0 Å². The Morgan fingerprint density at radius 2 is 2.24 bits per heavy atom. The van der Waals surface area contributed by atoms with Gasteiger partial charge >= 0.3 is 0 Å². The predicted octanol–water partition coefficient (Wildman–Crippen LogP) is 1.74. The summed E-state index contributed by atoms with van der Waals surface area (Å²) in [6.45, 7) is 2.49. The molecule has 0 aliphatic rings. The molecule has 108 valence electrons. The molecule has 1 N–H and O–H groups in total. The van der Waals surface area contributed by atoms with E-state index in [0.717, 1.165) is 11.3 Å². The lowest BCUT2D eigenvalue weighted by Gasteiger charge is -2.06. The largest absolute Gasteiger partial charge is 0.497 e. The average Bonchev–Trinajstić information content (AvgIpc) is 2.90. The minimum absolute atomic E-state index is 0.155. The number of H-pyrrole nitrogens is 1. The van der Waals surface area contributed by atoms with E-state index >= 15 is 0 Å². The van der Waals surface area contributed by atoms with Crippen LogP contribution in [0.3, 0.4) is 0 Å².